The van der Waals surface area contributed by atoms with E-state index in [9.17, 15) is 0 Å². The highest BCUT2D eigenvalue weighted by atomic mass is 16.3. The van der Waals surface area contributed by atoms with E-state index in [-0.39, 0.29) is 12.6 Å². The van der Waals surface area contributed by atoms with Crippen LogP contribution in [0.1, 0.15) is 11.1 Å². The Morgan fingerprint density at radius 1 is 1.00 bits per heavy atom. The quantitative estimate of drug-likeness (QED) is 0.837. The van der Waals surface area contributed by atoms with Crippen LogP contribution in [0, 0.1) is 0 Å². The van der Waals surface area contributed by atoms with Gasteiger partial charge in [0.05, 0.1) is 6.61 Å². The summed E-state index contributed by atoms with van der Waals surface area (Å²) in [6.45, 7) is 5.11. The number of pyridine rings is 1. The topological polar surface area (TPSA) is 65.6 Å². The molecule has 0 radical (unpaired) electrons. The van der Waals surface area contributed by atoms with Crippen molar-refractivity contribution in [3.8, 4) is 0 Å². The Labute approximate surface area is 143 Å². The summed E-state index contributed by atoms with van der Waals surface area (Å²) in [5.74, 6) is 1.02. The summed E-state index contributed by atoms with van der Waals surface area (Å²) in [7, 11) is 0. The molecule has 1 aromatic heterocycles. The van der Waals surface area contributed by atoms with Gasteiger partial charge in [-0.25, -0.2) is 4.98 Å². The van der Waals surface area contributed by atoms with Crippen molar-refractivity contribution in [3.63, 3.8) is 0 Å². The zero-order valence-corrected chi connectivity index (χ0v) is 14.0. The molecule has 0 spiro atoms. The number of aromatic nitrogens is 1. The molecule has 0 bridgehead atoms. The summed E-state index contributed by atoms with van der Waals surface area (Å²) in [4.78, 5) is 9.39. The average molecular weight is 326 g/mol. The van der Waals surface area contributed by atoms with Gasteiger partial charge in [0.2, 0.25) is 0 Å². The average Bonchev–Trinajstić information content (AvgIpc) is 2.64. The number of hydrogen-bond donors (Lipinski definition) is 2. The normalized spacial score (nSPS) is 17.0. The van der Waals surface area contributed by atoms with E-state index in [1.165, 1.54) is 5.56 Å². The van der Waals surface area contributed by atoms with Crippen molar-refractivity contribution >= 4 is 5.82 Å². The predicted molar refractivity (Wildman–Crippen MR) is 96.9 cm³/mol. The molecule has 3 rings (SSSR count). The number of rotatable bonds is 6. The van der Waals surface area contributed by atoms with Gasteiger partial charge in [-0.15, -0.1) is 0 Å². The fourth-order valence-electron chi connectivity index (χ4n) is 3.07. The van der Waals surface area contributed by atoms with Crippen LogP contribution in [-0.4, -0.2) is 53.8 Å². The van der Waals surface area contributed by atoms with Gasteiger partial charge in [-0.2, -0.15) is 0 Å². The Balaban J connectivity index is 1.51. The van der Waals surface area contributed by atoms with Crippen molar-refractivity contribution in [1.29, 1.82) is 0 Å². The van der Waals surface area contributed by atoms with Gasteiger partial charge in [0.25, 0.3) is 0 Å². The van der Waals surface area contributed by atoms with Crippen molar-refractivity contribution in [2.45, 2.75) is 19.0 Å². The number of anilines is 1. The fraction of sp³-hybridized carbons (Fsp3) is 0.421. The summed E-state index contributed by atoms with van der Waals surface area (Å²) in [6.07, 6.45) is 2.54. The lowest BCUT2D eigenvalue weighted by atomic mass is 10.1. The van der Waals surface area contributed by atoms with Crippen molar-refractivity contribution < 1.29 is 5.11 Å². The SMILES string of the molecule is NC(CO)Cc1ccc(N2CCN(Cc3ccccc3)CC2)nc1. The second kappa shape index (κ2) is 8.24. The third-order valence-electron chi connectivity index (χ3n) is 4.49. The van der Waals surface area contributed by atoms with Gasteiger partial charge in [-0.1, -0.05) is 36.4 Å². The number of hydrogen-bond acceptors (Lipinski definition) is 5. The second-order valence-corrected chi connectivity index (χ2v) is 6.42. The molecule has 1 aliphatic heterocycles. The number of nitrogens with two attached hydrogens (primary N) is 1. The van der Waals surface area contributed by atoms with Gasteiger partial charge < -0.3 is 15.7 Å². The maximum atomic E-state index is 9.03. The number of benzene rings is 1. The Kier molecular flexibility index (Phi) is 5.80. The first-order valence-electron chi connectivity index (χ1n) is 8.57. The molecular formula is C19H26N4O. The highest BCUT2D eigenvalue weighted by molar-refractivity contribution is 5.40. The van der Waals surface area contributed by atoms with Crippen LogP contribution >= 0.6 is 0 Å². The highest BCUT2D eigenvalue weighted by Gasteiger charge is 2.18. The van der Waals surface area contributed by atoms with Crippen LogP contribution in [0.3, 0.4) is 0 Å². The molecule has 0 aliphatic carbocycles. The largest absolute Gasteiger partial charge is 0.395 e. The minimum absolute atomic E-state index is 0.00508. The van der Waals surface area contributed by atoms with Gasteiger partial charge in [0, 0.05) is 45.0 Å². The van der Waals surface area contributed by atoms with Crippen molar-refractivity contribution in [1.82, 2.24) is 9.88 Å². The molecule has 128 valence electrons. The molecule has 5 nitrogen and oxygen atoms in total. The third-order valence-corrected chi connectivity index (χ3v) is 4.49. The lowest BCUT2D eigenvalue weighted by molar-refractivity contribution is 0.249. The summed E-state index contributed by atoms with van der Waals surface area (Å²) < 4.78 is 0. The van der Waals surface area contributed by atoms with Crippen LogP contribution in [0.15, 0.2) is 48.7 Å². The number of nitrogens with zero attached hydrogens (tertiary/aromatic N) is 3. The molecule has 1 saturated heterocycles. The number of aliphatic hydroxyl groups excluding tert-OH is 1. The maximum Gasteiger partial charge on any atom is 0.128 e. The zero-order valence-electron chi connectivity index (χ0n) is 14.0. The molecule has 1 unspecified atom stereocenters. The van der Waals surface area contributed by atoms with Crippen LogP contribution in [0.5, 0.6) is 0 Å². The first-order valence-corrected chi connectivity index (χ1v) is 8.57. The number of piperazine rings is 1. The Morgan fingerprint density at radius 2 is 1.75 bits per heavy atom. The summed E-state index contributed by atoms with van der Waals surface area (Å²) in [5, 5.41) is 9.03. The van der Waals surface area contributed by atoms with E-state index in [4.69, 9.17) is 10.8 Å². The van der Waals surface area contributed by atoms with Crippen molar-refractivity contribution in [2.24, 2.45) is 5.73 Å². The van der Waals surface area contributed by atoms with Crippen LogP contribution in [0.25, 0.3) is 0 Å². The van der Waals surface area contributed by atoms with Crippen LogP contribution < -0.4 is 10.6 Å². The molecule has 0 saturated carbocycles. The molecule has 5 heteroatoms. The monoisotopic (exact) mass is 326 g/mol. The highest BCUT2D eigenvalue weighted by Crippen LogP contribution is 2.16. The molecule has 1 fully saturated rings. The molecule has 1 aliphatic rings. The van der Waals surface area contributed by atoms with Crippen LogP contribution in [-0.2, 0) is 13.0 Å². The van der Waals surface area contributed by atoms with E-state index in [1.54, 1.807) is 0 Å². The minimum atomic E-state index is -0.209. The van der Waals surface area contributed by atoms with E-state index in [0.717, 1.165) is 44.1 Å². The molecule has 2 heterocycles. The molecule has 1 aromatic carbocycles. The van der Waals surface area contributed by atoms with Gasteiger partial charge in [-0.05, 0) is 23.6 Å². The van der Waals surface area contributed by atoms with Gasteiger partial charge >= 0.3 is 0 Å². The molecule has 1 atom stereocenters. The molecule has 0 amide bonds. The van der Waals surface area contributed by atoms with Gasteiger partial charge in [0.1, 0.15) is 5.82 Å². The first-order chi connectivity index (χ1) is 11.7. The number of aliphatic hydroxyl groups is 1. The van der Waals surface area contributed by atoms with E-state index in [0.29, 0.717) is 6.42 Å². The standard InChI is InChI=1S/C19H26N4O/c20-18(15-24)12-17-6-7-19(21-13-17)23-10-8-22(9-11-23)14-16-4-2-1-3-5-16/h1-7,13,18,24H,8-12,14-15,20H2. The molecule has 2 aromatic rings. The lowest BCUT2D eigenvalue weighted by Gasteiger charge is -2.35. The van der Waals surface area contributed by atoms with E-state index in [2.05, 4.69) is 57.2 Å². The lowest BCUT2D eigenvalue weighted by Crippen LogP contribution is -2.46. The Hall–Kier alpha value is -1.95. The van der Waals surface area contributed by atoms with Crippen molar-refractivity contribution in [3.05, 3.63) is 59.8 Å². The summed E-state index contributed by atoms with van der Waals surface area (Å²) >= 11 is 0. The third kappa shape index (κ3) is 4.54. The Bertz CT molecular complexity index is 609. The van der Waals surface area contributed by atoms with Gasteiger partial charge in [0.15, 0.2) is 0 Å². The fourth-order valence-corrected chi connectivity index (χ4v) is 3.07. The van der Waals surface area contributed by atoms with E-state index < -0.39 is 0 Å². The van der Waals surface area contributed by atoms with Crippen LogP contribution in [0.2, 0.25) is 0 Å². The maximum absolute atomic E-state index is 9.03. The zero-order chi connectivity index (χ0) is 16.8. The smallest absolute Gasteiger partial charge is 0.128 e. The second-order valence-electron chi connectivity index (χ2n) is 6.42. The minimum Gasteiger partial charge on any atom is -0.395 e. The molecular weight excluding hydrogens is 300 g/mol. The van der Waals surface area contributed by atoms with Crippen LogP contribution in [0.4, 0.5) is 5.82 Å². The first kappa shape index (κ1) is 16.9. The summed E-state index contributed by atoms with van der Waals surface area (Å²) in [5.41, 5.74) is 8.21. The van der Waals surface area contributed by atoms with E-state index >= 15 is 0 Å². The summed E-state index contributed by atoms with van der Waals surface area (Å²) in [6, 6.07) is 14.5. The Morgan fingerprint density at radius 3 is 2.38 bits per heavy atom. The van der Waals surface area contributed by atoms with Crippen molar-refractivity contribution in [2.75, 3.05) is 37.7 Å². The van der Waals surface area contributed by atoms with Gasteiger partial charge in [-0.3, -0.25) is 4.90 Å². The predicted octanol–water partition coefficient (Wildman–Crippen LogP) is 1.27. The molecule has 24 heavy (non-hydrogen) atoms. The van der Waals surface area contributed by atoms with E-state index in [1.807, 2.05) is 6.20 Å². The molecule has 3 N–H and O–H groups in total.